The lowest BCUT2D eigenvalue weighted by atomic mass is 10.1. The van der Waals surface area contributed by atoms with Gasteiger partial charge in [0.1, 0.15) is 5.82 Å². The van der Waals surface area contributed by atoms with Crippen molar-refractivity contribution in [1.29, 1.82) is 0 Å². The number of carboxylic acids is 1. The van der Waals surface area contributed by atoms with Crippen LogP contribution in [0.3, 0.4) is 0 Å². The first kappa shape index (κ1) is 14.4. The van der Waals surface area contributed by atoms with Crippen LogP contribution in [0, 0.1) is 0 Å². The largest absolute Gasteiger partial charge is 0.481 e. The monoisotopic (exact) mass is 323 g/mol. The summed E-state index contributed by atoms with van der Waals surface area (Å²) in [6.45, 7) is 0. The Morgan fingerprint density at radius 1 is 1.38 bits per heavy atom. The highest BCUT2D eigenvalue weighted by Crippen LogP contribution is 2.39. The number of nitrogens with zero attached hydrogens (tertiary/aromatic N) is 3. The molecular formula is C14H14ClN3O2S. The van der Waals surface area contributed by atoms with Gasteiger partial charge in [-0.1, -0.05) is 41.6 Å². The molecule has 1 N–H and O–H groups in total. The summed E-state index contributed by atoms with van der Waals surface area (Å²) in [6, 6.07) is 8.06. The van der Waals surface area contributed by atoms with Gasteiger partial charge in [0.2, 0.25) is 0 Å². The molecule has 1 fully saturated rings. The van der Waals surface area contributed by atoms with E-state index in [1.807, 2.05) is 24.3 Å². The third-order valence-corrected chi connectivity index (χ3v) is 4.57. The van der Waals surface area contributed by atoms with E-state index in [1.54, 1.807) is 0 Å². The summed E-state index contributed by atoms with van der Waals surface area (Å²) in [5.41, 5.74) is 1.00. The molecule has 0 bridgehead atoms. The molecule has 3 rings (SSSR count). The summed E-state index contributed by atoms with van der Waals surface area (Å²) in [6.07, 6.45) is 2.79. The lowest BCUT2D eigenvalue weighted by molar-refractivity contribution is -0.133. The zero-order valence-electron chi connectivity index (χ0n) is 11.2. The molecule has 7 heteroatoms. The molecule has 5 nitrogen and oxygen atoms in total. The molecule has 0 radical (unpaired) electrons. The maximum absolute atomic E-state index is 10.7. The molecule has 21 heavy (non-hydrogen) atoms. The number of aromatic nitrogens is 3. The third-order valence-electron chi connectivity index (χ3n) is 3.28. The van der Waals surface area contributed by atoms with E-state index in [9.17, 15) is 4.79 Å². The summed E-state index contributed by atoms with van der Waals surface area (Å²) in [5, 5.41) is 18.6. The quantitative estimate of drug-likeness (QED) is 0.828. The van der Waals surface area contributed by atoms with Crippen molar-refractivity contribution >= 4 is 29.3 Å². The summed E-state index contributed by atoms with van der Waals surface area (Å²) in [4.78, 5) is 10.7. The van der Waals surface area contributed by atoms with Gasteiger partial charge >= 0.3 is 5.97 Å². The van der Waals surface area contributed by atoms with Crippen molar-refractivity contribution in [2.24, 2.45) is 0 Å². The number of rotatable bonds is 6. The molecule has 0 aliphatic heterocycles. The van der Waals surface area contributed by atoms with Crippen molar-refractivity contribution in [3.05, 3.63) is 40.7 Å². The number of aliphatic carboxylic acids is 1. The molecule has 0 spiro atoms. The zero-order chi connectivity index (χ0) is 14.8. The summed E-state index contributed by atoms with van der Waals surface area (Å²) in [7, 11) is 0. The van der Waals surface area contributed by atoms with Crippen LogP contribution in [0.4, 0.5) is 0 Å². The van der Waals surface area contributed by atoms with Gasteiger partial charge in [-0.2, -0.15) is 0 Å². The molecule has 1 aliphatic rings. The molecule has 1 heterocycles. The fraction of sp³-hybridized carbons (Fsp3) is 0.357. The summed E-state index contributed by atoms with van der Waals surface area (Å²) >= 11 is 7.41. The van der Waals surface area contributed by atoms with Crippen LogP contribution in [0.25, 0.3) is 0 Å². The normalized spacial score (nSPS) is 14.3. The van der Waals surface area contributed by atoms with Crippen LogP contribution in [0.2, 0.25) is 5.02 Å². The first-order chi connectivity index (χ1) is 10.1. The first-order valence-corrected chi connectivity index (χ1v) is 8.03. The van der Waals surface area contributed by atoms with E-state index in [0.717, 1.165) is 24.2 Å². The van der Waals surface area contributed by atoms with Crippen molar-refractivity contribution in [2.45, 2.75) is 30.5 Å². The van der Waals surface area contributed by atoms with E-state index in [-0.39, 0.29) is 5.75 Å². The minimum absolute atomic E-state index is 0.00303. The fourth-order valence-corrected chi connectivity index (χ4v) is 3.11. The Morgan fingerprint density at radius 2 is 2.14 bits per heavy atom. The van der Waals surface area contributed by atoms with Crippen LogP contribution >= 0.6 is 23.4 Å². The molecular weight excluding hydrogens is 310 g/mol. The van der Waals surface area contributed by atoms with Crippen LogP contribution in [0.15, 0.2) is 29.4 Å². The highest BCUT2D eigenvalue weighted by atomic mass is 35.5. The minimum Gasteiger partial charge on any atom is -0.481 e. The summed E-state index contributed by atoms with van der Waals surface area (Å²) in [5.74, 6) is -0.00628. The molecule has 0 atom stereocenters. The van der Waals surface area contributed by atoms with Gasteiger partial charge in [0, 0.05) is 17.5 Å². The molecule has 1 saturated carbocycles. The third kappa shape index (κ3) is 3.39. The highest BCUT2D eigenvalue weighted by Gasteiger charge is 2.30. The number of carboxylic acid groups (broad SMARTS) is 1. The second-order valence-corrected chi connectivity index (χ2v) is 6.30. The van der Waals surface area contributed by atoms with Crippen LogP contribution in [-0.4, -0.2) is 31.6 Å². The molecule has 0 saturated heterocycles. The van der Waals surface area contributed by atoms with Crippen LogP contribution in [0.5, 0.6) is 0 Å². The summed E-state index contributed by atoms with van der Waals surface area (Å²) < 4.78 is 2.07. The number of thioether (sulfide) groups is 1. The fourth-order valence-electron chi connectivity index (χ4n) is 2.16. The van der Waals surface area contributed by atoms with Crippen molar-refractivity contribution in [3.63, 3.8) is 0 Å². The first-order valence-electron chi connectivity index (χ1n) is 6.67. The maximum atomic E-state index is 10.7. The van der Waals surface area contributed by atoms with Crippen molar-refractivity contribution in [2.75, 3.05) is 5.75 Å². The van der Waals surface area contributed by atoms with Gasteiger partial charge in [-0.15, -0.1) is 10.2 Å². The average molecular weight is 324 g/mol. The zero-order valence-corrected chi connectivity index (χ0v) is 12.8. The Bertz CT molecular complexity index is 670. The van der Waals surface area contributed by atoms with Gasteiger partial charge in [0.05, 0.1) is 5.75 Å². The SMILES string of the molecule is O=C(O)CSc1nnc(Cc2ccccc2Cl)n1C1CC1. The predicted octanol–water partition coefficient (Wildman–Crippen LogP) is 3.03. The average Bonchev–Trinajstić information content (AvgIpc) is 3.21. The van der Waals surface area contributed by atoms with Gasteiger partial charge in [0.25, 0.3) is 0 Å². The van der Waals surface area contributed by atoms with Crippen LogP contribution in [0.1, 0.15) is 30.3 Å². The predicted molar refractivity (Wildman–Crippen MR) is 80.9 cm³/mol. The molecule has 1 aromatic carbocycles. The maximum Gasteiger partial charge on any atom is 0.313 e. The lowest BCUT2D eigenvalue weighted by Crippen LogP contribution is -2.06. The highest BCUT2D eigenvalue weighted by molar-refractivity contribution is 7.99. The molecule has 0 unspecified atom stereocenters. The van der Waals surface area contributed by atoms with Crippen LogP contribution < -0.4 is 0 Å². The number of hydrogen-bond donors (Lipinski definition) is 1. The number of hydrogen-bond acceptors (Lipinski definition) is 4. The van der Waals surface area contributed by atoms with Gasteiger partial charge < -0.3 is 9.67 Å². The molecule has 1 aliphatic carbocycles. The van der Waals surface area contributed by atoms with Gasteiger partial charge in [-0.3, -0.25) is 4.79 Å². The number of carbonyl (C=O) groups is 1. The van der Waals surface area contributed by atoms with Gasteiger partial charge in [-0.05, 0) is 24.5 Å². The topological polar surface area (TPSA) is 68.0 Å². The minimum atomic E-state index is -0.849. The number of benzene rings is 1. The van der Waals surface area contributed by atoms with E-state index in [0.29, 0.717) is 22.6 Å². The van der Waals surface area contributed by atoms with E-state index < -0.39 is 5.97 Å². The standard InChI is InChI=1S/C14H14ClN3O2S/c15-11-4-2-1-3-9(11)7-12-16-17-14(21-8-13(19)20)18(12)10-5-6-10/h1-4,10H,5-8H2,(H,19,20). The molecule has 110 valence electrons. The number of halogens is 1. The van der Waals surface area contributed by atoms with Crippen molar-refractivity contribution in [3.8, 4) is 0 Å². The van der Waals surface area contributed by atoms with Crippen molar-refractivity contribution in [1.82, 2.24) is 14.8 Å². The second kappa shape index (κ2) is 6.07. The van der Waals surface area contributed by atoms with E-state index >= 15 is 0 Å². The Balaban J connectivity index is 1.85. The Kier molecular flexibility index (Phi) is 4.17. The van der Waals surface area contributed by atoms with Crippen molar-refractivity contribution < 1.29 is 9.90 Å². The van der Waals surface area contributed by atoms with Crippen LogP contribution in [-0.2, 0) is 11.2 Å². The van der Waals surface area contributed by atoms with Gasteiger partial charge in [0.15, 0.2) is 5.16 Å². The molecule has 2 aromatic rings. The molecule has 1 aromatic heterocycles. The van der Waals surface area contributed by atoms with E-state index in [4.69, 9.17) is 16.7 Å². The Labute approximate surface area is 131 Å². The Hall–Kier alpha value is -1.53. The van der Waals surface area contributed by atoms with Gasteiger partial charge in [-0.25, -0.2) is 0 Å². The smallest absolute Gasteiger partial charge is 0.313 e. The molecule has 0 amide bonds. The van der Waals surface area contributed by atoms with E-state index in [1.165, 1.54) is 11.8 Å². The Morgan fingerprint density at radius 3 is 2.81 bits per heavy atom. The lowest BCUT2D eigenvalue weighted by Gasteiger charge is -2.09. The van der Waals surface area contributed by atoms with E-state index in [2.05, 4.69) is 14.8 Å². The second-order valence-electron chi connectivity index (χ2n) is 4.95.